The number of hydrogen-bond acceptors (Lipinski definition) is 1. The van der Waals surface area contributed by atoms with Crippen LogP contribution in [0.5, 0.6) is 0 Å². The highest BCUT2D eigenvalue weighted by Crippen LogP contribution is 2.16. The Bertz CT molecular complexity index is 50.9. The second-order valence-corrected chi connectivity index (χ2v) is 2.09. The standard InChI is InChI=1S/C3H5Cl2FO/c4-1-3(5,6)2-7/h7H,1-2H2. The fraction of sp³-hybridized carbons (Fsp3) is 1.00. The lowest BCUT2D eigenvalue weighted by molar-refractivity contribution is 0.162. The third-order valence-electron chi connectivity index (χ3n) is 0.427. The Hall–Kier alpha value is 0.470. The van der Waals surface area contributed by atoms with E-state index >= 15 is 0 Å². The first-order valence-corrected chi connectivity index (χ1v) is 2.58. The summed E-state index contributed by atoms with van der Waals surface area (Å²) in [6.45, 7) is -0.738. The van der Waals surface area contributed by atoms with Crippen molar-refractivity contribution in [3.63, 3.8) is 0 Å². The summed E-state index contributed by atoms with van der Waals surface area (Å²) in [6, 6.07) is 0. The van der Waals surface area contributed by atoms with E-state index in [1.807, 2.05) is 0 Å². The SMILES string of the molecule is OCC(F)(Cl)CCl. The third-order valence-corrected chi connectivity index (χ3v) is 1.24. The normalized spacial score (nSPS) is 18.9. The molecule has 0 aliphatic carbocycles. The topological polar surface area (TPSA) is 20.2 Å². The van der Waals surface area contributed by atoms with Crippen molar-refractivity contribution in [2.45, 2.75) is 5.13 Å². The summed E-state index contributed by atoms with van der Waals surface area (Å²) in [5.41, 5.74) is 0. The van der Waals surface area contributed by atoms with Crippen LogP contribution in [0, 0.1) is 0 Å². The van der Waals surface area contributed by atoms with E-state index in [9.17, 15) is 4.39 Å². The van der Waals surface area contributed by atoms with Crippen molar-refractivity contribution in [3.05, 3.63) is 0 Å². The molecule has 0 amide bonds. The second kappa shape index (κ2) is 2.70. The van der Waals surface area contributed by atoms with E-state index in [0.717, 1.165) is 0 Å². The molecule has 0 aromatic rings. The van der Waals surface area contributed by atoms with Crippen LogP contribution in [0.1, 0.15) is 0 Å². The molecule has 44 valence electrons. The molecule has 0 rings (SSSR count). The molecular weight excluding hydrogens is 142 g/mol. The van der Waals surface area contributed by atoms with E-state index in [0.29, 0.717) is 0 Å². The maximum Gasteiger partial charge on any atom is 0.219 e. The van der Waals surface area contributed by atoms with Crippen molar-refractivity contribution in [1.82, 2.24) is 0 Å². The van der Waals surface area contributed by atoms with E-state index in [1.54, 1.807) is 0 Å². The number of aliphatic hydroxyl groups excluding tert-OH is 1. The number of alkyl halides is 3. The van der Waals surface area contributed by atoms with Crippen LogP contribution in [-0.4, -0.2) is 22.7 Å². The molecule has 0 spiro atoms. The molecular formula is C3H5Cl2FO. The molecule has 0 radical (unpaired) electrons. The first kappa shape index (κ1) is 7.47. The molecule has 1 atom stereocenters. The smallest absolute Gasteiger partial charge is 0.219 e. The molecule has 0 saturated carbocycles. The van der Waals surface area contributed by atoms with Crippen molar-refractivity contribution in [1.29, 1.82) is 0 Å². The Morgan fingerprint density at radius 2 is 2.14 bits per heavy atom. The molecule has 0 fully saturated rings. The first-order chi connectivity index (χ1) is 3.12. The molecule has 7 heavy (non-hydrogen) atoms. The van der Waals surface area contributed by atoms with Gasteiger partial charge in [-0.25, -0.2) is 4.39 Å². The Kier molecular flexibility index (Phi) is 2.88. The highest BCUT2D eigenvalue weighted by molar-refractivity contribution is 6.29. The fourth-order valence-electron chi connectivity index (χ4n) is 0.0423. The van der Waals surface area contributed by atoms with E-state index in [2.05, 4.69) is 0 Å². The average Bonchev–Trinajstić information content (AvgIpc) is 1.68. The zero-order valence-electron chi connectivity index (χ0n) is 3.50. The molecule has 1 nitrogen and oxygen atoms in total. The van der Waals surface area contributed by atoms with Gasteiger partial charge in [0.25, 0.3) is 0 Å². The van der Waals surface area contributed by atoms with Crippen LogP contribution >= 0.6 is 23.2 Å². The molecule has 0 heterocycles. The third kappa shape index (κ3) is 3.09. The van der Waals surface area contributed by atoms with Gasteiger partial charge in [0.1, 0.15) is 0 Å². The van der Waals surface area contributed by atoms with Crippen LogP contribution in [-0.2, 0) is 0 Å². The molecule has 1 N–H and O–H groups in total. The van der Waals surface area contributed by atoms with Gasteiger partial charge in [0.2, 0.25) is 5.13 Å². The molecule has 0 aliphatic rings. The van der Waals surface area contributed by atoms with Gasteiger partial charge in [-0.1, -0.05) is 11.6 Å². The molecule has 0 saturated heterocycles. The van der Waals surface area contributed by atoms with Crippen LogP contribution < -0.4 is 0 Å². The van der Waals surface area contributed by atoms with Crippen LogP contribution in [0.2, 0.25) is 0 Å². The van der Waals surface area contributed by atoms with Crippen molar-refractivity contribution in [3.8, 4) is 0 Å². The minimum absolute atomic E-state index is 0.384. The summed E-state index contributed by atoms with van der Waals surface area (Å²) in [4.78, 5) is 0. The number of halogens is 3. The van der Waals surface area contributed by atoms with Crippen LogP contribution in [0.25, 0.3) is 0 Å². The van der Waals surface area contributed by atoms with Crippen molar-refractivity contribution < 1.29 is 9.50 Å². The lowest BCUT2D eigenvalue weighted by Gasteiger charge is -2.07. The number of aliphatic hydroxyl groups is 1. The largest absolute Gasteiger partial charge is 0.392 e. The van der Waals surface area contributed by atoms with Gasteiger partial charge >= 0.3 is 0 Å². The predicted octanol–water partition coefficient (Wildman–Crippen LogP) is 1.12. The lowest BCUT2D eigenvalue weighted by atomic mass is 10.5. The van der Waals surface area contributed by atoms with Gasteiger partial charge < -0.3 is 5.11 Å². The van der Waals surface area contributed by atoms with Crippen LogP contribution in [0.15, 0.2) is 0 Å². The van der Waals surface area contributed by atoms with E-state index in [-0.39, 0.29) is 5.88 Å². The molecule has 0 aliphatic heterocycles. The van der Waals surface area contributed by atoms with Crippen molar-refractivity contribution in [2.75, 3.05) is 12.5 Å². The first-order valence-electron chi connectivity index (χ1n) is 1.67. The van der Waals surface area contributed by atoms with Gasteiger partial charge in [-0.3, -0.25) is 0 Å². The van der Waals surface area contributed by atoms with Gasteiger partial charge in [-0.2, -0.15) is 0 Å². The molecule has 0 bridgehead atoms. The highest BCUT2D eigenvalue weighted by Gasteiger charge is 2.22. The van der Waals surface area contributed by atoms with Gasteiger partial charge in [-0.15, -0.1) is 11.6 Å². The zero-order chi connectivity index (χ0) is 5.91. The highest BCUT2D eigenvalue weighted by atomic mass is 35.5. The van der Waals surface area contributed by atoms with E-state index < -0.39 is 11.7 Å². The maximum atomic E-state index is 11.9. The van der Waals surface area contributed by atoms with Gasteiger partial charge in [0, 0.05) is 0 Å². The molecule has 1 unspecified atom stereocenters. The monoisotopic (exact) mass is 146 g/mol. The van der Waals surface area contributed by atoms with Crippen LogP contribution in [0.4, 0.5) is 4.39 Å². The Morgan fingerprint density at radius 3 is 2.14 bits per heavy atom. The fourth-order valence-corrected chi connectivity index (χ4v) is 0.127. The van der Waals surface area contributed by atoms with Crippen LogP contribution in [0.3, 0.4) is 0 Å². The van der Waals surface area contributed by atoms with Gasteiger partial charge in [0.15, 0.2) is 0 Å². The minimum Gasteiger partial charge on any atom is -0.392 e. The molecule has 0 aromatic heterocycles. The lowest BCUT2D eigenvalue weighted by Crippen LogP contribution is -2.21. The molecule has 4 heteroatoms. The summed E-state index contributed by atoms with van der Waals surface area (Å²) in [5.74, 6) is -0.384. The second-order valence-electron chi connectivity index (χ2n) is 1.15. The Labute approximate surface area is 51.0 Å². The average molecular weight is 147 g/mol. The van der Waals surface area contributed by atoms with Crippen molar-refractivity contribution in [2.24, 2.45) is 0 Å². The number of rotatable bonds is 2. The summed E-state index contributed by atoms with van der Waals surface area (Å²) in [6.07, 6.45) is 0. The van der Waals surface area contributed by atoms with E-state index in [4.69, 9.17) is 28.3 Å². The van der Waals surface area contributed by atoms with Crippen molar-refractivity contribution >= 4 is 23.2 Å². The van der Waals surface area contributed by atoms with E-state index in [1.165, 1.54) is 0 Å². The quantitative estimate of drug-likeness (QED) is 0.580. The molecule has 0 aromatic carbocycles. The summed E-state index contributed by atoms with van der Waals surface area (Å²) >= 11 is 9.78. The maximum absolute atomic E-state index is 11.9. The Morgan fingerprint density at radius 1 is 1.71 bits per heavy atom. The number of hydrogen-bond donors (Lipinski definition) is 1. The minimum atomic E-state index is -2.12. The Balaban J connectivity index is 3.36. The van der Waals surface area contributed by atoms with Gasteiger partial charge in [-0.05, 0) is 0 Å². The summed E-state index contributed by atoms with van der Waals surface area (Å²) in [5, 5.41) is 5.88. The zero-order valence-corrected chi connectivity index (χ0v) is 5.01. The summed E-state index contributed by atoms with van der Waals surface area (Å²) < 4.78 is 11.9. The van der Waals surface area contributed by atoms with Gasteiger partial charge in [0.05, 0.1) is 12.5 Å². The predicted molar refractivity (Wildman–Crippen MR) is 27.5 cm³/mol. The summed E-state index contributed by atoms with van der Waals surface area (Å²) in [7, 11) is 0.